The predicted octanol–water partition coefficient (Wildman–Crippen LogP) is 2.46. The first-order valence-electron chi connectivity index (χ1n) is 6.24. The van der Waals surface area contributed by atoms with E-state index in [2.05, 4.69) is 17.0 Å². The van der Waals surface area contributed by atoms with E-state index in [9.17, 15) is 13.0 Å². The Morgan fingerprint density at radius 3 is 2.63 bits per heavy atom. The van der Waals surface area contributed by atoms with Crippen LogP contribution in [0, 0.1) is 0 Å². The van der Waals surface area contributed by atoms with E-state index in [1.807, 2.05) is 0 Å². The van der Waals surface area contributed by atoms with Crippen LogP contribution in [0.15, 0.2) is 24.3 Å². The van der Waals surface area contributed by atoms with Gasteiger partial charge in [-0.1, -0.05) is 19.1 Å². The molecule has 1 aliphatic heterocycles. The Balaban J connectivity index is 2.06. The molecule has 1 saturated heterocycles. The van der Waals surface area contributed by atoms with E-state index in [-0.39, 0.29) is 17.8 Å². The molecule has 0 saturated carbocycles. The van der Waals surface area contributed by atoms with E-state index >= 15 is 0 Å². The van der Waals surface area contributed by atoms with Gasteiger partial charge in [-0.2, -0.15) is 8.78 Å². The summed E-state index contributed by atoms with van der Waals surface area (Å²) in [6.45, 7) is -0.757. The molecule has 1 heterocycles. The number of rotatable bonds is 4. The van der Waals surface area contributed by atoms with Gasteiger partial charge in [-0.25, -0.2) is 0 Å². The van der Waals surface area contributed by atoms with Crippen molar-refractivity contribution in [2.45, 2.75) is 32.0 Å². The molecule has 0 bridgehead atoms. The van der Waals surface area contributed by atoms with Crippen molar-refractivity contribution in [3.8, 4) is 5.75 Å². The van der Waals surface area contributed by atoms with E-state index in [1.54, 1.807) is 12.1 Å². The molecular weight excluding hydrogens is 272 g/mol. The summed E-state index contributed by atoms with van der Waals surface area (Å²) in [5, 5.41) is 3.43. The highest BCUT2D eigenvalue weighted by molar-refractivity contribution is 7.85. The minimum atomic E-state index is -2.81. The highest BCUT2D eigenvalue weighted by atomic mass is 32.2. The summed E-state index contributed by atoms with van der Waals surface area (Å²) >= 11 is 0. The van der Waals surface area contributed by atoms with Gasteiger partial charge in [0.2, 0.25) is 0 Å². The average molecular weight is 289 g/mol. The Kier molecular flexibility index (Phi) is 4.87. The summed E-state index contributed by atoms with van der Waals surface area (Å²) in [5.41, 5.74) is 0.952. The maximum absolute atomic E-state index is 12.0. The molecule has 1 fully saturated rings. The average Bonchev–Trinajstić information content (AvgIpc) is 2.38. The third-order valence-electron chi connectivity index (χ3n) is 3.18. The van der Waals surface area contributed by atoms with Gasteiger partial charge in [0.05, 0.1) is 0 Å². The molecule has 1 aromatic carbocycles. The molecule has 1 aromatic rings. The van der Waals surface area contributed by atoms with Gasteiger partial charge in [-0.3, -0.25) is 4.21 Å². The molecule has 1 N–H and O–H groups in total. The largest absolute Gasteiger partial charge is 0.435 e. The molecule has 6 heteroatoms. The summed E-state index contributed by atoms with van der Waals surface area (Å²) in [6.07, 6.45) is 0.925. The quantitative estimate of drug-likeness (QED) is 0.925. The van der Waals surface area contributed by atoms with Gasteiger partial charge in [0.25, 0.3) is 0 Å². The zero-order valence-electron chi connectivity index (χ0n) is 10.6. The number of ether oxygens (including phenoxy) is 1. The maximum atomic E-state index is 12.0. The van der Waals surface area contributed by atoms with Crippen molar-refractivity contribution in [1.82, 2.24) is 5.32 Å². The SMILES string of the molecule is CCC1CS(=O)CC(c2ccc(OC(F)F)cc2)N1. The van der Waals surface area contributed by atoms with Crippen molar-refractivity contribution >= 4 is 10.8 Å². The van der Waals surface area contributed by atoms with Crippen LogP contribution in [-0.4, -0.2) is 28.4 Å². The second-order valence-electron chi connectivity index (χ2n) is 4.55. The lowest BCUT2D eigenvalue weighted by Gasteiger charge is -2.30. The van der Waals surface area contributed by atoms with Crippen LogP contribution in [0.5, 0.6) is 5.75 Å². The van der Waals surface area contributed by atoms with Crippen molar-refractivity contribution in [3.63, 3.8) is 0 Å². The molecule has 2 rings (SSSR count). The number of nitrogens with one attached hydrogen (secondary N) is 1. The molecule has 0 aliphatic carbocycles. The summed E-state index contributed by atoms with van der Waals surface area (Å²) in [4.78, 5) is 0. The van der Waals surface area contributed by atoms with Gasteiger partial charge in [0, 0.05) is 34.4 Å². The fourth-order valence-corrected chi connectivity index (χ4v) is 3.75. The Morgan fingerprint density at radius 2 is 2.05 bits per heavy atom. The summed E-state index contributed by atoms with van der Waals surface area (Å²) in [7, 11) is -0.829. The van der Waals surface area contributed by atoms with Gasteiger partial charge in [0.15, 0.2) is 0 Å². The molecule has 0 aromatic heterocycles. The van der Waals surface area contributed by atoms with E-state index in [0.717, 1.165) is 12.0 Å². The smallest absolute Gasteiger partial charge is 0.387 e. The number of benzene rings is 1. The summed E-state index contributed by atoms with van der Waals surface area (Å²) in [6, 6.07) is 6.77. The monoisotopic (exact) mass is 289 g/mol. The fraction of sp³-hybridized carbons (Fsp3) is 0.538. The second kappa shape index (κ2) is 6.43. The first kappa shape index (κ1) is 14.4. The molecule has 3 nitrogen and oxygen atoms in total. The topological polar surface area (TPSA) is 38.3 Å². The van der Waals surface area contributed by atoms with E-state index in [1.165, 1.54) is 12.1 Å². The van der Waals surface area contributed by atoms with Crippen molar-refractivity contribution < 1.29 is 17.7 Å². The molecule has 3 unspecified atom stereocenters. The van der Waals surface area contributed by atoms with Gasteiger partial charge in [0.1, 0.15) is 5.75 Å². The summed E-state index contributed by atoms with van der Waals surface area (Å²) < 4.78 is 40.2. The molecule has 3 atom stereocenters. The van der Waals surface area contributed by atoms with E-state index in [4.69, 9.17) is 0 Å². The van der Waals surface area contributed by atoms with E-state index < -0.39 is 17.4 Å². The standard InChI is InChI=1S/C13H17F2NO2S/c1-2-10-7-19(17)8-12(16-10)9-3-5-11(6-4-9)18-13(14)15/h3-6,10,12-13,16H,2,7-8H2,1H3. The number of halogens is 2. The van der Waals surface area contributed by atoms with Crippen molar-refractivity contribution in [2.75, 3.05) is 11.5 Å². The molecule has 106 valence electrons. The van der Waals surface area contributed by atoms with E-state index in [0.29, 0.717) is 11.5 Å². The minimum absolute atomic E-state index is 0.0140. The Morgan fingerprint density at radius 1 is 1.37 bits per heavy atom. The highest BCUT2D eigenvalue weighted by Crippen LogP contribution is 2.23. The third kappa shape index (κ3) is 3.98. The third-order valence-corrected chi connectivity index (χ3v) is 4.66. The Bertz CT molecular complexity index is 439. The van der Waals surface area contributed by atoms with Gasteiger partial charge < -0.3 is 10.1 Å². The molecule has 0 radical (unpaired) electrons. The lowest BCUT2D eigenvalue weighted by Crippen LogP contribution is -2.44. The molecule has 1 aliphatic rings. The second-order valence-corrected chi connectivity index (χ2v) is 6.09. The fourth-order valence-electron chi connectivity index (χ4n) is 2.17. The van der Waals surface area contributed by atoms with Gasteiger partial charge in [-0.05, 0) is 24.1 Å². The number of hydrogen-bond acceptors (Lipinski definition) is 3. The van der Waals surface area contributed by atoms with Crippen molar-refractivity contribution in [1.29, 1.82) is 0 Å². The van der Waals surface area contributed by atoms with Gasteiger partial charge in [-0.15, -0.1) is 0 Å². The molecule has 19 heavy (non-hydrogen) atoms. The molecule has 0 amide bonds. The number of alkyl halides is 2. The highest BCUT2D eigenvalue weighted by Gasteiger charge is 2.25. The van der Waals surface area contributed by atoms with Crippen LogP contribution < -0.4 is 10.1 Å². The lowest BCUT2D eigenvalue weighted by molar-refractivity contribution is -0.0498. The molecular formula is C13H17F2NO2S. The van der Waals surface area contributed by atoms with Crippen LogP contribution in [0.1, 0.15) is 24.9 Å². The first-order chi connectivity index (χ1) is 9.08. The van der Waals surface area contributed by atoms with Crippen LogP contribution >= 0.6 is 0 Å². The zero-order valence-corrected chi connectivity index (χ0v) is 11.5. The maximum Gasteiger partial charge on any atom is 0.387 e. The van der Waals surface area contributed by atoms with Gasteiger partial charge >= 0.3 is 6.61 Å². The predicted molar refractivity (Wildman–Crippen MR) is 70.9 cm³/mol. The lowest BCUT2D eigenvalue weighted by atomic mass is 10.1. The van der Waals surface area contributed by atoms with Crippen LogP contribution in [0.3, 0.4) is 0 Å². The van der Waals surface area contributed by atoms with Crippen molar-refractivity contribution in [2.24, 2.45) is 0 Å². The summed E-state index contributed by atoms with van der Waals surface area (Å²) in [5.74, 6) is 1.38. The molecule has 0 spiro atoms. The van der Waals surface area contributed by atoms with Crippen LogP contribution in [0.2, 0.25) is 0 Å². The van der Waals surface area contributed by atoms with Crippen LogP contribution in [-0.2, 0) is 10.8 Å². The first-order valence-corrected chi connectivity index (χ1v) is 7.73. The van der Waals surface area contributed by atoms with Crippen LogP contribution in [0.4, 0.5) is 8.78 Å². The zero-order chi connectivity index (χ0) is 13.8. The minimum Gasteiger partial charge on any atom is -0.435 e. The Hall–Kier alpha value is -1.01. The normalized spacial score (nSPS) is 27.5. The number of hydrogen-bond donors (Lipinski definition) is 1. The van der Waals surface area contributed by atoms with Crippen molar-refractivity contribution in [3.05, 3.63) is 29.8 Å². The van der Waals surface area contributed by atoms with Crippen LogP contribution in [0.25, 0.3) is 0 Å². The Labute approximate surface area is 113 Å².